The van der Waals surface area contributed by atoms with Gasteiger partial charge >= 0.3 is 0 Å². The van der Waals surface area contributed by atoms with E-state index in [1.165, 1.54) is 0 Å². The molecule has 1 aliphatic heterocycles. The third-order valence-corrected chi connectivity index (χ3v) is 6.53. The second-order valence-electron chi connectivity index (χ2n) is 6.45. The zero-order valence-corrected chi connectivity index (χ0v) is 14.6. The Bertz CT molecular complexity index is 941. The third kappa shape index (κ3) is 3.45. The molecular formula is C17H20N4O3S. The molecule has 0 saturated carbocycles. The number of aromatic nitrogens is 3. The van der Waals surface area contributed by atoms with Gasteiger partial charge in [0.05, 0.1) is 0 Å². The molecule has 132 valence electrons. The highest BCUT2D eigenvalue weighted by molar-refractivity contribution is 7.88. The molecule has 0 radical (unpaired) electrons. The van der Waals surface area contributed by atoms with E-state index in [1.807, 2.05) is 35.1 Å². The van der Waals surface area contributed by atoms with Crippen LogP contribution in [0.25, 0.3) is 11.0 Å². The number of piperidine rings is 1. The van der Waals surface area contributed by atoms with Gasteiger partial charge in [-0.25, -0.2) is 12.7 Å². The summed E-state index contributed by atoms with van der Waals surface area (Å²) >= 11 is 0. The normalized spacial score (nSPS) is 17.3. The first-order chi connectivity index (χ1) is 12.1. The van der Waals surface area contributed by atoms with Gasteiger partial charge in [0.1, 0.15) is 11.4 Å². The third-order valence-electron chi connectivity index (χ3n) is 4.74. The minimum Gasteiger partial charge on any atom is -0.356 e. The summed E-state index contributed by atoms with van der Waals surface area (Å²) in [4.78, 5) is 0. The molecule has 3 heterocycles. The predicted molar refractivity (Wildman–Crippen MR) is 93.2 cm³/mol. The van der Waals surface area contributed by atoms with Gasteiger partial charge in [-0.05, 0) is 37.0 Å². The van der Waals surface area contributed by atoms with Gasteiger partial charge < -0.3 is 4.52 Å². The number of sulfonamides is 1. The van der Waals surface area contributed by atoms with Crippen LogP contribution in [-0.2, 0) is 22.3 Å². The van der Waals surface area contributed by atoms with E-state index < -0.39 is 10.0 Å². The van der Waals surface area contributed by atoms with Crippen LogP contribution in [0.5, 0.6) is 0 Å². The Morgan fingerprint density at radius 1 is 1.16 bits per heavy atom. The zero-order chi connectivity index (χ0) is 17.3. The summed E-state index contributed by atoms with van der Waals surface area (Å²) < 4.78 is 34.2. The van der Waals surface area contributed by atoms with E-state index >= 15 is 0 Å². The lowest BCUT2D eigenvalue weighted by Crippen LogP contribution is -2.40. The highest BCUT2D eigenvalue weighted by Crippen LogP contribution is 2.25. The van der Waals surface area contributed by atoms with Crippen LogP contribution < -0.4 is 0 Å². The largest absolute Gasteiger partial charge is 0.356 e. The summed E-state index contributed by atoms with van der Waals surface area (Å²) in [6, 6.07) is 9.24. The maximum Gasteiger partial charge on any atom is 0.220 e. The Labute approximate surface area is 146 Å². The maximum atomic E-state index is 12.7. The molecule has 0 aliphatic carbocycles. The monoisotopic (exact) mass is 360 g/mol. The molecular weight excluding hydrogens is 340 g/mol. The molecule has 0 spiro atoms. The van der Waals surface area contributed by atoms with Gasteiger partial charge in [-0.2, -0.15) is 5.10 Å². The van der Waals surface area contributed by atoms with Crippen molar-refractivity contribution in [2.24, 2.45) is 5.92 Å². The molecule has 25 heavy (non-hydrogen) atoms. The Balaban J connectivity index is 1.41. The summed E-state index contributed by atoms with van der Waals surface area (Å²) in [6.07, 6.45) is 5.40. The van der Waals surface area contributed by atoms with Crippen LogP contribution in [0.4, 0.5) is 0 Å². The van der Waals surface area contributed by atoms with Crippen LogP contribution in [0.15, 0.2) is 47.2 Å². The SMILES string of the molecule is O=S(=O)(Cc1noc2ccccc12)N1CCC(Cn2cccn2)CC1. The van der Waals surface area contributed by atoms with Crippen LogP contribution in [0.2, 0.25) is 0 Å². The number of nitrogens with zero attached hydrogens (tertiary/aromatic N) is 4. The second-order valence-corrected chi connectivity index (χ2v) is 8.42. The first-order valence-corrected chi connectivity index (χ1v) is 10.0. The molecule has 0 N–H and O–H groups in total. The molecule has 1 saturated heterocycles. The van der Waals surface area contributed by atoms with E-state index in [1.54, 1.807) is 16.6 Å². The van der Waals surface area contributed by atoms with Gasteiger partial charge in [0.25, 0.3) is 0 Å². The highest BCUT2D eigenvalue weighted by Gasteiger charge is 2.29. The van der Waals surface area contributed by atoms with Crippen LogP contribution in [0.1, 0.15) is 18.5 Å². The minimum atomic E-state index is -3.39. The quantitative estimate of drug-likeness (QED) is 0.697. The molecule has 7 nitrogen and oxygen atoms in total. The Hall–Kier alpha value is -2.19. The minimum absolute atomic E-state index is 0.117. The summed E-state index contributed by atoms with van der Waals surface area (Å²) in [5.41, 5.74) is 1.10. The van der Waals surface area contributed by atoms with E-state index in [4.69, 9.17) is 4.52 Å². The van der Waals surface area contributed by atoms with E-state index in [0.717, 1.165) is 24.8 Å². The summed E-state index contributed by atoms with van der Waals surface area (Å²) in [7, 11) is -3.39. The van der Waals surface area contributed by atoms with Crippen molar-refractivity contribution in [3.05, 3.63) is 48.4 Å². The number of fused-ring (bicyclic) bond motifs is 1. The lowest BCUT2D eigenvalue weighted by molar-refractivity contribution is 0.247. The fourth-order valence-electron chi connectivity index (χ4n) is 3.35. The van der Waals surface area contributed by atoms with Crippen molar-refractivity contribution < 1.29 is 12.9 Å². The van der Waals surface area contributed by atoms with Crippen LogP contribution >= 0.6 is 0 Å². The van der Waals surface area contributed by atoms with Crippen molar-refractivity contribution in [1.29, 1.82) is 0 Å². The van der Waals surface area contributed by atoms with Gasteiger partial charge in [0, 0.05) is 37.4 Å². The average molecular weight is 360 g/mol. The number of hydrogen-bond donors (Lipinski definition) is 0. The van der Waals surface area contributed by atoms with Crippen LogP contribution in [0, 0.1) is 5.92 Å². The topological polar surface area (TPSA) is 81.2 Å². The Kier molecular flexibility index (Phi) is 4.30. The van der Waals surface area contributed by atoms with Crippen molar-refractivity contribution >= 4 is 21.0 Å². The second kappa shape index (κ2) is 6.61. The highest BCUT2D eigenvalue weighted by atomic mass is 32.2. The summed E-state index contributed by atoms with van der Waals surface area (Å²) in [5, 5.41) is 8.93. The summed E-state index contributed by atoms with van der Waals surface area (Å²) in [6.45, 7) is 1.93. The van der Waals surface area contributed by atoms with Gasteiger partial charge in [0.2, 0.25) is 10.0 Å². The molecule has 1 aromatic carbocycles. The van der Waals surface area contributed by atoms with Crippen molar-refractivity contribution in [2.45, 2.75) is 25.1 Å². The molecule has 1 fully saturated rings. The fourth-order valence-corrected chi connectivity index (χ4v) is 4.85. The van der Waals surface area contributed by atoms with E-state index in [0.29, 0.717) is 30.3 Å². The molecule has 0 unspecified atom stereocenters. The van der Waals surface area contributed by atoms with Gasteiger partial charge in [-0.3, -0.25) is 4.68 Å². The van der Waals surface area contributed by atoms with Crippen LogP contribution in [0.3, 0.4) is 0 Å². The standard InChI is InChI=1S/C17H20N4O3S/c22-25(23,13-16-15-4-1-2-5-17(15)24-19-16)21-10-6-14(7-11-21)12-20-9-3-8-18-20/h1-5,8-9,14H,6-7,10-13H2. The first-order valence-electron chi connectivity index (χ1n) is 8.40. The molecule has 4 rings (SSSR count). The summed E-state index contributed by atoms with van der Waals surface area (Å²) in [5.74, 6) is 0.340. The molecule has 0 atom stereocenters. The Morgan fingerprint density at radius 3 is 2.72 bits per heavy atom. The molecule has 2 aromatic heterocycles. The molecule has 1 aliphatic rings. The lowest BCUT2D eigenvalue weighted by Gasteiger charge is -2.31. The van der Waals surface area contributed by atoms with Crippen molar-refractivity contribution in [1.82, 2.24) is 19.2 Å². The van der Waals surface area contributed by atoms with E-state index in [-0.39, 0.29) is 5.75 Å². The van der Waals surface area contributed by atoms with Crippen molar-refractivity contribution in [3.8, 4) is 0 Å². The maximum absolute atomic E-state index is 12.7. The average Bonchev–Trinajstić information content (AvgIpc) is 3.26. The van der Waals surface area contributed by atoms with Gasteiger partial charge in [-0.1, -0.05) is 17.3 Å². The molecule has 8 heteroatoms. The molecule has 0 amide bonds. The smallest absolute Gasteiger partial charge is 0.220 e. The molecule has 0 bridgehead atoms. The lowest BCUT2D eigenvalue weighted by atomic mass is 9.98. The van der Waals surface area contributed by atoms with Gasteiger partial charge in [0.15, 0.2) is 5.58 Å². The van der Waals surface area contributed by atoms with E-state index in [2.05, 4.69) is 10.3 Å². The number of rotatable bonds is 5. The van der Waals surface area contributed by atoms with E-state index in [9.17, 15) is 8.42 Å². The number of para-hydroxylation sites is 1. The predicted octanol–water partition coefficient (Wildman–Crippen LogP) is 2.27. The zero-order valence-electron chi connectivity index (χ0n) is 13.8. The van der Waals surface area contributed by atoms with Crippen LogP contribution in [-0.4, -0.2) is 40.7 Å². The molecule has 3 aromatic rings. The van der Waals surface area contributed by atoms with Gasteiger partial charge in [-0.15, -0.1) is 0 Å². The fraction of sp³-hybridized carbons (Fsp3) is 0.412. The van der Waals surface area contributed by atoms with Crippen molar-refractivity contribution in [2.75, 3.05) is 13.1 Å². The number of benzene rings is 1. The first kappa shape index (κ1) is 16.3. The number of hydrogen-bond acceptors (Lipinski definition) is 5. The van der Waals surface area contributed by atoms with Crippen molar-refractivity contribution in [3.63, 3.8) is 0 Å². The Morgan fingerprint density at radius 2 is 1.96 bits per heavy atom.